The maximum absolute atomic E-state index is 13.3. The molecule has 4 aliphatic rings. The fourth-order valence-electron chi connectivity index (χ4n) is 7.70. The second-order valence-corrected chi connectivity index (χ2v) is 13.2. The van der Waals surface area contributed by atoms with Gasteiger partial charge in [0, 0.05) is 33.3 Å². The van der Waals surface area contributed by atoms with Crippen LogP contribution < -0.4 is 10.6 Å². The normalized spacial score (nSPS) is 25.3. The van der Waals surface area contributed by atoms with Crippen molar-refractivity contribution in [2.24, 2.45) is 17.8 Å². The highest BCUT2D eigenvalue weighted by molar-refractivity contribution is 6.35. The molecule has 4 fully saturated rings. The monoisotopic (exact) mass is 584 g/mol. The Balaban J connectivity index is 1.11. The fraction of sp³-hybridized carbons (Fsp3) is 0.484. The van der Waals surface area contributed by atoms with Gasteiger partial charge in [-0.2, -0.15) is 5.10 Å². The van der Waals surface area contributed by atoms with E-state index in [0.717, 1.165) is 54.0 Å². The summed E-state index contributed by atoms with van der Waals surface area (Å²) in [5, 5.41) is 13.4. The van der Waals surface area contributed by atoms with E-state index in [0.29, 0.717) is 38.5 Å². The first kappa shape index (κ1) is 27.1. The van der Waals surface area contributed by atoms with Crippen molar-refractivity contribution in [3.05, 3.63) is 68.8 Å². The lowest BCUT2D eigenvalue weighted by molar-refractivity contribution is -0.0196. The van der Waals surface area contributed by atoms with Crippen LogP contribution in [0, 0.1) is 24.7 Å². The van der Waals surface area contributed by atoms with Crippen LogP contribution in [-0.4, -0.2) is 34.3 Å². The second-order valence-electron chi connectivity index (χ2n) is 11.9. The summed E-state index contributed by atoms with van der Waals surface area (Å²) in [7, 11) is 0. The minimum absolute atomic E-state index is 0.180. The third-order valence-corrected chi connectivity index (χ3v) is 9.81. The van der Waals surface area contributed by atoms with Crippen molar-refractivity contribution in [1.29, 1.82) is 0 Å². The Morgan fingerprint density at radius 3 is 2.18 bits per heavy atom. The standard InChI is InChI=1S/C31H35Cl3N4O/c1-19-28(30(39)35-10-2-3-11-36-31-16-20-12-21(17-31)14-22(13-20)18-31)37-38(27-9-8-25(33)15-26(27)34)29(19)23-4-6-24(32)7-5-23/h4-9,15,20-22,36H,2-3,10-14,16-18H2,1H3,(H,35,39). The highest BCUT2D eigenvalue weighted by Crippen LogP contribution is 2.55. The summed E-state index contributed by atoms with van der Waals surface area (Å²) >= 11 is 18.8. The van der Waals surface area contributed by atoms with Crippen LogP contribution in [0.25, 0.3) is 16.9 Å². The van der Waals surface area contributed by atoms with E-state index in [-0.39, 0.29) is 5.91 Å². The number of benzene rings is 2. The Kier molecular flexibility index (Phi) is 7.71. The molecular formula is C31H35Cl3N4O. The number of aromatic nitrogens is 2. The van der Waals surface area contributed by atoms with Crippen molar-refractivity contribution < 1.29 is 4.79 Å². The number of unbranched alkanes of at least 4 members (excludes halogenated alkanes) is 1. The van der Waals surface area contributed by atoms with Crippen LogP contribution in [0.5, 0.6) is 0 Å². The van der Waals surface area contributed by atoms with Crippen LogP contribution in [0.2, 0.25) is 15.1 Å². The zero-order chi connectivity index (χ0) is 27.1. The van der Waals surface area contributed by atoms with E-state index in [9.17, 15) is 4.79 Å². The van der Waals surface area contributed by atoms with Gasteiger partial charge < -0.3 is 10.6 Å². The van der Waals surface area contributed by atoms with E-state index < -0.39 is 0 Å². The number of carbonyl (C=O) groups is 1. The molecule has 7 rings (SSSR count). The SMILES string of the molecule is Cc1c(C(=O)NCCCCNC23CC4CC(CC(C4)C2)C3)nn(-c2ccc(Cl)cc2Cl)c1-c1ccc(Cl)cc1. The van der Waals surface area contributed by atoms with Gasteiger partial charge in [0.15, 0.2) is 5.69 Å². The molecule has 0 aliphatic heterocycles. The van der Waals surface area contributed by atoms with Crippen LogP contribution >= 0.6 is 34.8 Å². The molecule has 1 aromatic heterocycles. The van der Waals surface area contributed by atoms with E-state index in [1.165, 1.54) is 38.5 Å². The first-order chi connectivity index (χ1) is 18.8. The van der Waals surface area contributed by atoms with E-state index in [1.807, 2.05) is 37.3 Å². The molecule has 0 atom stereocenters. The minimum atomic E-state index is -0.180. The molecule has 0 saturated heterocycles. The third-order valence-electron chi connectivity index (χ3n) is 9.02. The summed E-state index contributed by atoms with van der Waals surface area (Å²) in [6.45, 7) is 3.55. The molecule has 39 heavy (non-hydrogen) atoms. The molecule has 4 saturated carbocycles. The number of carbonyl (C=O) groups excluding carboxylic acids is 1. The summed E-state index contributed by atoms with van der Waals surface area (Å²) in [5.41, 5.74) is 3.90. The van der Waals surface area contributed by atoms with Crippen LogP contribution in [-0.2, 0) is 0 Å². The van der Waals surface area contributed by atoms with Gasteiger partial charge in [-0.05, 0) is 113 Å². The molecule has 8 heteroatoms. The van der Waals surface area contributed by atoms with Crippen molar-refractivity contribution in [2.75, 3.05) is 13.1 Å². The first-order valence-corrected chi connectivity index (χ1v) is 15.3. The van der Waals surface area contributed by atoms with Crippen LogP contribution in [0.3, 0.4) is 0 Å². The van der Waals surface area contributed by atoms with Gasteiger partial charge in [0.2, 0.25) is 0 Å². The summed E-state index contributed by atoms with van der Waals surface area (Å²) < 4.78 is 1.72. The Bertz CT molecular complexity index is 1330. The predicted octanol–water partition coefficient (Wildman–Crippen LogP) is 7.88. The molecule has 0 radical (unpaired) electrons. The molecule has 0 spiro atoms. The number of rotatable bonds is 9. The van der Waals surface area contributed by atoms with Crippen molar-refractivity contribution in [1.82, 2.24) is 20.4 Å². The van der Waals surface area contributed by atoms with E-state index >= 15 is 0 Å². The lowest BCUT2D eigenvalue weighted by atomic mass is 9.53. The topological polar surface area (TPSA) is 59.0 Å². The molecule has 0 unspecified atom stereocenters. The number of hydrogen-bond donors (Lipinski definition) is 2. The Hall–Kier alpha value is -2.05. The van der Waals surface area contributed by atoms with Crippen LogP contribution in [0.4, 0.5) is 0 Å². The van der Waals surface area contributed by atoms with Gasteiger partial charge in [0.1, 0.15) is 0 Å². The van der Waals surface area contributed by atoms with E-state index in [2.05, 4.69) is 10.6 Å². The lowest BCUT2D eigenvalue weighted by Gasteiger charge is -2.57. The maximum Gasteiger partial charge on any atom is 0.272 e. The zero-order valence-electron chi connectivity index (χ0n) is 22.3. The van der Waals surface area contributed by atoms with Gasteiger partial charge in [-0.1, -0.05) is 46.9 Å². The van der Waals surface area contributed by atoms with Gasteiger partial charge in [0.25, 0.3) is 5.91 Å². The molecule has 2 N–H and O–H groups in total. The number of amides is 1. The van der Waals surface area contributed by atoms with Gasteiger partial charge in [0.05, 0.1) is 16.4 Å². The molecular weight excluding hydrogens is 551 g/mol. The molecule has 5 nitrogen and oxygen atoms in total. The predicted molar refractivity (Wildman–Crippen MR) is 159 cm³/mol. The molecule has 1 heterocycles. The molecule has 2 aromatic carbocycles. The number of nitrogens with one attached hydrogen (secondary N) is 2. The molecule has 4 aliphatic carbocycles. The molecule has 3 aromatic rings. The largest absolute Gasteiger partial charge is 0.351 e. The third kappa shape index (κ3) is 5.61. The second kappa shape index (κ2) is 11.1. The summed E-state index contributed by atoms with van der Waals surface area (Å²) in [5.74, 6) is 2.67. The zero-order valence-corrected chi connectivity index (χ0v) is 24.5. The van der Waals surface area contributed by atoms with Gasteiger partial charge in [-0.25, -0.2) is 4.68 Å². The van der Waals surface area contributed by atoms with Crippen molar-refractivity contribution >= 4 is 40.7 Å². The van der Waals surface area contributed by atoms with Gasteiger partial charge in [-0.15, -0.1) is 0 Å². The average Bonchev–Trinajstić information content (AvgIpc) is 3.22. The van der Waals surface area contributed by atoms with Crippen molar-refractivity contribution in [3.63, 3.8) is 0 Å². The number of hydrogen-bond acceptors (Lipinski definition) is 3. The Morgan fingerprint density at radius 1 is 0.923 bits per heavy atom. The van der Waals surface area contributed by atoms with Gasteiger partial charge >= 0.3 is 0 Å². The van der Waals surface area contributed by atoms with Crippen molar-refractivity contribution in [2.45, 2.75) is 63.8 Å². The summed E-state index contributed by atoms with van der Waals surface area (Å²) in [6.07, 6.45) is 10.5. The molecule has 1 amide bonds. The quantitative estimate of drug-likeness (QED) is 0.251. The fourth-order valence-corrected chi connectivity index (χ4v) is 8.32. The highest BCUT2D eigenvalue weighted by atomic mass is 35.5. The highest BCUT2D eigenvalue weighted by Gasteiger charge is 2.50. The number of nitrogens with zero attached hydrogens (tertiary/aromatic N) is 2. The Morgan fingerprint density at radius 2 is 1.54 bits per heavy atom. The number of halogens is 3. The maximum atomic E-state index is 13.3. The average molecular weight is 586 g/mol. The van der Waals surface area contributed by atoms with Crippen LogP contribution in [0.1, 0.15) is 67.4 Å². The molecule has 206 valence electrons. The van der Waals surface area contributed by atoms with Crippen molar-refractivity contribution in [3.8, 4) is 16.9 Å². The van der Waals surface area contributed by atoms with E-state index in [4.69, 9.17) is 39.9 Å². The van der Waals surface area contributed by atoms with Crippen LogP contribution in [0.15, 0.2) is 42.5 Å². The Labute approximate surface area is 245 Å². The summed E-state index contributed by atoms with van der Waals surface area (Å²) in [4.78, 5) is 13.3. The summed E-state index contributed by atoms with van der Waals surface area (Å²) in [6, 6.07) is 12.8. The van der Waals surface area contributed by atoms with E-state index in [1.54, 1.807) is 16.8 Å². The lowest BCUT2D eigenvalue weighted by Crippen LogP contribution is -2.58. The minimum Gasteiger partial charge on any atom is -0.351 e. The van der Waals surface area contributed by atoms with Gasteiger partial charge in [-0.3, -0.25) is 4.79 Å². The molecule has 4 bridgehead atoms. The smallest absolute Gasteiger partial charge is 0.272 e. The first-order valence-electron chi connectivity index (χ1n) is 14.1.